The third-order valence-electron chi connectivity index (χ3n) is 6.20. The molecule has 28 heavy (non-hydrogen) atoms. The largest absolute Gasteiger partial charge is 0.377 e. The van der Waals surface area contributed by atoms with E-state index in [9.17, 15) is 0 Å². The molecule has 136 valence electrons. The summed E-state index contributed by atoms with van der Waals surface area (Å²) in [7, 11) is 10.8. The Morgan fingerprint density at radius 1 is 0.786 bits per heavy atom. The van der Waals surface area contributed by atoms with E-state index in [0.29, 0.717) is 5.66 Å². The molecule has 0 saturated carbocycles. The molecule has 0 nitrogen and oxygen atoms in total. The van der Waals surface area contributed by atoms with E-state index in [2.05, 4.69) is 91.0 Å². The third kappa shape index (κ3) is 3.87. The van der Waals surface area contributed by atoms with Crippen LogP contribution in [0.4, 0.5) is 0 Å². The van der Waals surface area contributed by atoms with Gasteiger partial charge in [-0.2, -0.15) is 0 Å². The van der Waals surface area contributed by atoms with Crippen molar-refractivity contribution in [1.29, 1.82) is 0 Å². The molecule has 1 fully saturated rings. The Morgan fingerprint density at radius 3 is 1.82 bits per heavy atom. The molecule has 0 aromatic heterocycles. The smallest absolute Gasteiger partial charge is 0.0620 e. The van der Waals surface area contributed by atoms with E-state index in [1.165, 1.54) is 34.9 Å². The summed E-state index contributed by atoms with van der Waals surface area (Å²) >= 11 is 0. The zero-order valence-electron chi connectivity index (χ0n) is 16.3. The molecule has 0 N–H and O–H groups in total. The molecule has 0 spiro atoms. The van der Waals surface area contributed by atoms with Crippen LogP contribution in [0.5, 0.6) is 0 Å². The average Bonchev–Trinajstić information content (AvgIpc) is 3.15. The van der Waals surface area contributed by atoms with Crippen LogP contribution >= 0.6 is 14.3 Å². The summed E-state index contributed by atoms with van der Waals surface area (Å²) in [4.78, 5) is 0. The van der Waals surface area contributed by atoms with Crippen molar-refractivity contribution in [3.05, 3.63) is 91.0 Å². The highest BCUT2D eigenvalue weighted by molar-refractivity contribution is 8.08. The van der Waals surface area contributed by atoms with E-state index in [0.717, 1.165) is 12.6 Å². The zero-order valence-corrected chi connectivity index (χ0v) is 18.1. The van der Waals surface area contributed by atoms with Gasteiger partial charge in [-0.05, 0) is 56.4 Å². The standard InChI is InChI=1S/C24H26B2P2/c25-27(21-11-4-1-5-12-21)19-10-17-24(27)18-20-28(26,22-13-6-2-7-14-22)23-15-8-3-9-16-23/h1-9,11-16,24H,10,17-20H2/q+2/t24-,27?/m0/s1. The molecule has 0 bridgehead atoms. The van der Waals surface area contributed by atoms with Gasteiger partial charge in [0.05, 0.1) is 27.7 Å². The van der Waals surface area contributed by atoms with Crippen molar-refractivity contribution in [2.24, 2.45) is 0 Å². The fourth-order valence-electron chi connectivity index (χ4n) is 4.57. The first-order valence-corrected chi connectivity index (χ1v) is 14.3. The molecular formula is C24H26B2P2+2. The SMILES string of the molecule is [B][P+](CC[C@@H]1CCC[P+]1([B])c1ccccc1)(c1ccccc1)c1ccccc1. The van der Waals surface area contributed by atoms with Gasteiger partial charge in [-0.3, -0.25) is 0 Å². The molecule has 1 heterocycles. The summed E-state index contributed by atoms with van der Waals surface area (Å²) in [5.41, 5.74) is 0.588. The number of rotatable bonds is 6. The topological polar surface area (TPSA) is 0 Å². The third-order valence-corrected chi connectivity index (χ3v) is 13.7. The second-order valence-electron chi connectivity index (χ2n) is 7.84. The minimum atomic E-state index is -1.91. The normalized spacial score (nSPS) is 22.2. The van der Waals surface area contributed by atoms with Crippen molar-refractivity contribution in [3.63, 3.8) is 0 Å². The Kier molecular flexibility index (Phi) is 6.10. The molecular weight excluding hydrogens is 372 g/mol. The van der Waals surface area contributed by atoms with E-state index in [1.807, 2.05) is 0 Å². The van der Waals surface area contributed by atoms with E-state index >= 15 is 0 Å². The van der Waals surface area contributed by atoms with Gasteiger partial charge >= 0.3 is 15.1 Å². The molecule has 1 aliphatic heterocycles. The van der Waals surface area contributed by atoms with Crippen LogP contribution in [-0.2, 0) is 0 Å². The molecule has 2 atom stereocenters. The molecule has 4 rings (SSSR count). The predicted octanol–water partition coefficient (Wildman–Crippen LogP) is 4.72. The van der Waals surface area contributed by atoms with E-state index < -0.39 is 14.3 Å². The lowest BCUT2D eigenvalue weighted by atomic mass is 10.2. The number of benzene rings is 3. The molecule has 4 heteroatoms. The first-order valence-electron chi connectivity index (χ1n) is 10.1. The van der Waals surface area contributed by atoms with Crippen molar-refractivity contribution in [2.45, 2.75) is 24.9 Å². The lowest BCUT2D eigenvalue weighted by Crippen LogP contribution is -2.28. The summed E-state index contributed by atoms with van der Waals surface area (Å²) in [5, 5.41) is 3.97. The van der Waals surface area contributed by atoms with E-state index in [1.54, 1.807) is 0 Å². The zero-order chi connectivity index (χ0) is 19.5. The van der Waals surface area contributed by atoms with Crippen LogP contribution in [0.2, 0.25) is 0 Å². The molecule has 3 aromatic rings. The summed E-state index contributed by atoms with van der Waals surface area (Å²) in [5.74, 6) is 0. The van der Waals surface area contributed by atoms with Crippen LogP contribution in [0.1, 0.15) is 19.3 Å². The minimum Gasteiger partial charge on any atom is -0.0620 e. The summed E-state index contributed by atoms with van der Waals surface area (Å²) in [6, 6.07) is 32.2. The summed E-state index contributed by atoms with van der Waals surface area (Å²) in [6.07, 6.45) is 5.80. The highest BCUT2D eigenvalue weighted by atomic mass is 31.2. The molecule has 1 saturated heterocycles. The maximum Gasteiger partial charge on any atom is 0.377 e. The molecule has 1 aliphatic rings. The van der Waals surface area contributed by atoms with Crippen LogP contribution < -0.4 is 15.9 Å². The van der Waals surface area contributed by atoms with Crippen molar-refractivity contribution in [1.82, 2.24) is 0 Å². The van der Waals surface area contributed by atoms with Crippen LogP contribution in [0, 0.1) is 0 Å². The fraction of sp³-hybridized carbons (Fsp3) is 0.250. The van der Waals surface area contributed by atoms with Crippen LogP contribution in [0.3, 0.4) is 0 Å². The summed E-state index contributed by atoms with van der Waals surface area (Å²) in [6.45, 7) is 0. The Labute approximate surface area is 173 Å². The van der Waals surface area contributed by atoms with E-state index in [4.69, 9.17) is 15.1 Å². The van der Waals surface area contributed by atoms with Crippen LogP contribution in [0.25, 0.3) is 0 Å². The minimum absolute atomic E-state index is 0.588. The first-order chi connectivity index (χ1) is 13.6. The Balaban J connectivity index is 1.62. The molecule has 4 radical (unpaired) electrons. The molecule has 0 amide bonds. The van der Waals surface area contributed by atoms with Crippen molar-refractivity contribution in [2.75, 3.05) is 12.3 Å². The fourth-order valence-corrected chi connectivity index (χ4v) is 11.4. The average molecular weight is 398 g/mol. The molecule has 0 aliphatic carbocycles. The van der Waals surface area contributed by atoms with Gasteiger partial charge in [0, 0.05) is 19.7 Å². The molecule has 3 aromatic carbocycles. The Morgan fingerprint density at radius 2 is 1.29 bits per heavy atom. The lowest BCUT2D eigenvalue weighted by molar-refractivity contribution is 0.759. The van der Waals surface area contributed by atoms with Crippen LogP contribution in [0.15, 0.2) is 91.0 Å². The Hall–Kier alpha value is -1.35. The van der Waals surface area contributed by atoms with Gasteiger partial charge in [0.15, 0.2) is 0 Å². The Bertz CT molecular complexity index is 847. The maximum absolute atomic E-state index is 7.23. The van der Waals surface area contributed by atoms with Gasteiger partial charge in [-0.1, -0.05) is 54.6 Å². The molecule has 1 unspecified atom stereocenters. The van der Waals surface area contributed by atoms with Gasteiger partial charge in [-0.15, -0.1) is 0 Å². The maximum atomic E-state index is 7.23. The van der Waals surface area contributed by atoms with Crippen molar-refractivity contribution < 1.29 is 0 Å². The van der Waals surface area contributed by atoms with E-state index in [-0.39, 0.29) is 0 Å². The van der Waals surface area contributed by atoms with Gasteiger partial charge in [0.25, 0.3) is 0 Å². The quantitative estimate of drug-likeness (QED) is 0.417. The van der Waals surface area contributed by atoms with Crippen LogP contribution in [-0.4, -0.2) is 33.1 Å². The summed E-state index contributed by atoms with van der Waals surface area (Å²) < 4.78 is 0. The number of hydrogen-bond donors (Lipinski definition) is 0. The predicted molar refractivity (Wildman–Crippen MR) is 131 cm³/mol. The van der Waals surface area contributed by atoms with Crippen molar-refractivity contribution in [3.8, 4) is 0 Å². The van der Waals surface area contributed by atoms with Gasteiger partial charge in [0.2, 0.25) is 0 Å². The highest BCUT2D eigenvalue weighted by Gasteiger charge is 2.49. The lowest BCUT2D eigenvalue weighted by Gasteiger charge is -2.29. The van der Waals surface area contributed by atoms with Gasteiger partial charge in [-0.25, -0.2) is 0 Å². The van der Waals surface area contributed by atoms with Gasteiger partial charge < -0.3 is 0 Å². The highest BCUT2D eigenvalue weighted by Crippen LogP contribution is 2.66. The van der Waals surface area contributed by atoms with Gasteiger partial charge in [0.1, 0.15) is 0 Å². The van der Waals surface area contributed by atoms with Crippen molar-refractivity contribution >= 4 is 45.3 Å². The number of hydrogen-bond acceptors (Lipinski definition) is 0. The second-order valence-corrected chi connectivity index (χ2v) is 14.6. The monoisotopic (exact) mass is 398 g/mol. The first kappa shape index (κ1) is 19.9. The second kappa shape index (κ2) is 8.57.